The lowest BCUT2D eigenvalue weighted by Gasteiger charge is -2.19. The summed E-state index contributed by atoms with van der Waals surface area (Å²) in [6, 6.07) is 3.29. The molecule has 1 rings (SSSR count). The molecule has 0 aliphatic rings. The van der Waals surface area contributed by atoms with E-state index in [-0.39, 0.29) is 30.3 Å². The molecule has 0 spiro atoms. The number of aliphatic carboxylic acids is 1. The van der Waals surface area contributed by atoms with E-state index < -0.39 is 33.8 Å². The van der Waals surface area contributed by atoms with Gasteiger partial charge in [0.15, 0.2) is 21.3 Å². The van der Waals surface area contributed by atoms with Gasteiger partial charge in [0, 0.05) is 13.0 Å². The van der Waals surface area contributed by atoms with Crippen molar-refractivity contribution >= 4 is 21.7 Å². The van der Waals surface area contributed by atoms with Crippen LogP contribution in [0, 0.1) is 5.92 Å². The van der Waals surface area contributed by atoms with Gasteiger partial charge in [0.2, 0.25) is 5.91 Å². The molecule has 0 saturated carbocycles. The van der Waals surface area contributed by atoms with E-state index in [9.17, 15) is 23.1 Å². The Morgan fingerprint density at radius 3 is 2.47 bits per heavy atom. The van der Waals surface area contributed by atoms with Crippen LogP contribution < -0.4 is 20.5 Å². The standard InChI is InChI=1S/C20H32N2O7S/c1-5-29-19-11-15(6-7-18(19)28-4)16(21)12-30(26,27)9-8-13(2)10-17(20(24)25)22-14(3)23/h6-7,11,13,16-17H,5,8-10,12,21H2,1-4H3,(H,22,23)(H,24,25)/t13?,16-,17-/m1/s1. The molecule has 1 aromatic carbocycles. The summed E-state index contributed by atoms with van der Waals surface area (Å²) < 4.78 is 35.8. The number of carbonyl (C=O) groups is 2. The average Bonchev–Trinajstić information content (AvgIpc) is 2.65. The summed E-state index contributed by atoms with van der Waals surface area (Å²) >= 11 is 0. The maximum absolute atomic E-state index is 12.5. The van der Waals surface area contributed by atoms with Gasteiger partial charge in [-0.1, -0.05) is 13.0 Å². The molecule has 0 aliphatic carbocycles. The summed E-state index contributed by atoms with van der Waals surface area (Å²) in [4.78, 5) is 22.3. The Balaban J connectivity index is 2.71. The highest BCUT2D eigenvalue weighted by atomic mass is 32.2. The van der Waals surface area contributed by atoms with E-state index in [1.807, 2.05) is 6.92 Å². The van der Waals surface area contributed by atoms with Crippen LogP contribution in [0.4, 0.5) is 0 Å². The number of nitrogens with two attached hydrogens (primary N) is 1. The Kier molecular flexibility index (Phi) is 10.1. The normalized spacial score (nSPS) is 14.4. The highest BCUT2D eigenvalue weighted by molar-refractivity contribution is 7.91. The van der Waals surface area contributed by atoms with Crippen LogP contribution in [0.3, 0.4) is 0 Å². The number of hydrogen-bond donors (Lipinski definition) is 3. The van der Waals surface area contributed by atoms with Crippen LogP contribution in [0.15, 0.2) is 18.2 Å². The fourth-order valence-corrected chi connectivity index (χ4v) is 4.68. The Morgan fingerprint density at radius 1 is 1.27 bits per heavy atom. The lowest BCUT2D eigenvalue weighted by Crippen LogP contribution is -2.40. The number of ether oxygens (including phenoxy) is 2. The molecule has 0 radical (unpaired) electrons. The van der Waals surface area contributed by atoms with Crippen LogP contribution in [-0.2, 0) is 19.4 Å². The molecule has 0 saturated heterocycles. The van der Waals surface area contributed by atoms with E-state index in [4.69, 9.17) is 15.2 Å². The molecule has 30 heavy (non-hydrogen) atoms. The number of carboxylic acid groups (broad SMARTS) is 1. The van der Waals surface area contributed by atoms with Gasteiger partial charge in [-0.3, -0.25) is 4.79 Å². The fraction of sp³-hybridized carbons (Fsp3) is 0.600. The molecular formula is C20H32N2O7S. The van der Waals surface area contributed by atoms with Crippen molar-refractivity contribution in [2.24, 2.45) is 11.7 Å². The van der Waals surface area contributed by atoms with Gasteiger partial charge in [0.05, 0.1) is 25.2 Å². The average molecular weight is 445 g/mol. The number of rotatable bonds is 13. The largest absolute Gasteiger partial charge is 0.493 e. The van der Waals surface area contributed by atoms with Crippen molar-refractivity contribution < 1.29 is 32.6 Å². The van der Waals surface area contributed by atoms with Gasteiger partial charge < -0.3 is 25.6 Å². The summed E-state index contributed by atoms with van der Waals surface area (Å²) in [5.41, 5.74) is 6.74. The molecule has 0 heterocycles. The number of methoxy groups -OCH3 is 1. The van der Waals surface area contributed by atoms with E-state index in [1.54, 1.807) is 25.1 Å². The zero-order chi connectivity index (χ0) is 22.9. The van der Waals surface area contributed by atoms with Crippen molar-refractivity contribution in [2.75, 3.05) is 25.2 Å². The molecule has 1 unspecified atom stereocenters. The summed E-state index contributed by atoms with van der Waals surface area (Å²) in [6.07, 6.45) is 0.415. The molecule has 0 fully saturated rings. The molecule has 10 heteroatoms. The van der Waals surface area contributed by atoms with Gasteiger partial charge in [-0.2, -0.15) is 0 Å². The van der Waals surface area contributed by atoms with Crippen molar-refractivity contribution in [2.45, 2.75) is 45.7 Å². The maximum Gasteiger partial charge on any atom is 0.326 e. The smallest absolute Gasteiger partial charge is 0.326 e. The van der Waals surface area contributed by atoms with Crippen molar-refractivity contribution in [3.05, 3.63) is 23.8 Å². The van der Waals surface area contributed by atoms with Gasteiger partial charge in [0.1, 0.15) is 6.04 Å². The third-order valence-corrected chi connectivity index (χ3v) is 6.31. The Hall–Kier alpha value is -2.33. The number of benzene rings is 1. The molecule has 1 aromatic rings. The van der Waals surface area contributed by atoms with Gasteiger partial charge >= 0.3 is 5.97 Å². The quantitative estimate of drug-likeness (QED) is 0.415. The van der Waals surface area contributed by atoms with Crippen LogP contribution >= 0.6 is 0 Å². The van der Waals surface area contributed by atoms with E-state index in [2.05, 4.69) is 5.32 Å². The first kappa shape index (κ1) is 25.7. The first-order valence-corrected chi connectivity index (χ1v) is 11.6. The number of carboxylic acids is 1. The van der Waals surface area contributed by atoms with Crippen molar-refractivity contribution in [3.8, 4) is 11.5 Å². The molecule has 4 N–H and O–H groups in total. The summed E-state index contributed by atoms with van der Waals surface area (Å²) in [5, 5.41) is 11.5. The zero-order valence-corrected chi connectivity index (χ0v) is 18.7. The van der Waals surface area contributed by atoms with Gasteiger partial charge in [0.25, 0.3) is 0 Å². The zero-order valence-electron chi connectivity index (χ0n) is 17.9. The minimum atomic E-state index is -3.48. The molecular weight excluding hydrogens is 412 g/mol. The first-order chi connectivity index (χ1) is 14.0. The number of carbonyl (C=O) groups excluding carboxylic acids is 1. The van der Waals surface area contributed by atoms with Crippen molar-refractivity contribution in [3.63, 3.8) is 0 Å². The lowest BCUT2D eigenvalue weighted by molar-refractivity contribution is -0.142. The fourth-order valence-electron chi connectivity index (χ4n) is 3.01. The monoisotopic (exact) mass is 444 g/mol. The van der Waals surface area contributed by atoms with E-state index >= 15 is 0 Å². The minimum Gasteiger partial charge on any atom is -0.493 e. The second kappa shape index (κ2) is 11.8. The predicted octanol–water partition coefficient (Wildman–Crippen LogP) is 1.51. The number of amides is 1. The molecule has 0 aliphatic heterocycles. The second-order valence-corrected chi connectivity index (χ2v) is 9.51. The topological polar surface area (TPSA) is 145 Å². The summed E-state index contributed by atoms with van der Waals surface area (Å²) in [5.74, 6) is -1.14. The summed E-state index contributed by atoms with van der Waals surface area (Å²) in [7, 11) is -1.96. The number of nitrogens with one attached hydrogen (secondary N) is 1. The highest BCUT2D eigenvalue weighted by Crippen LogP contribution is 2.30. The van der Waals surface area contributed by atoms with Crippen LogP contribution in [0.2, 0.25) is 0 Å². The first-order valence-electron chi connectivity index (χ1n) is 9.75. The van der Waals surface area contributed by atoms with Crippen molar-refractivity contribution in [1.82, 2.24) is 5.32 Å². The van der Waals surface area contributed by atoms with Gasteiger partial charge in [-0.25, -0.2) is 13.2 Å². The van der Waals surface area contributed by atoms with E-state index in [1.165, 1.54) is 14.0 Å². The van der Waals surface area contributed by atoms with Gasteiger partial charge in [-0.05, 0) is 43.4 Å². The molecule has 0 aromatic heterocycles. The highest BCUT2D eigenvalue weighted by Gasteiger charge is 2.24. The Bertz CT molecular complexity index is 826. The van der Waals surface area contributed by atoms with Gasteiger partial charge in [-0.15, -0.1) is 0 Å². The van der Waals surface area contributed by atoms with Crippen LogP contribution in [0.1, 0.15) is 45.2 Å². The Labute approximate surface area is 177 Å². The lowest BCUT2D eigenvalue weighted by atomic mass is 9.99. The molecule has 1 amide bonds. The number of sulfone groups is 1. The van der Waals surface area contributed by atoms with Crippen LogP contribution in [0.25, 0.3) is 0 Å². The van der Waals surface area contributed by atoms with E-state index in [0.29, 0.717) is 23.7 Å². The maximum atomic E-state index is 12.5. The van der Waals surface area contributed by atoms with Crippen LogP contribution in [-0.4, -0.2) is 56.7 Å². The van der Waals surface area contributed by atoms with Crippen molar-refractivity contribution in [1.29, 1.82) is 0 Å². The summed E-state index contributed by atoms with van der Waals surface area (Å²) in [6.45, 7) is 5.26. The third-order valence-electron chi connectivity index (χ3n) is 4.58. The predicted molar refractivity (Wildman–Crippen MR) is 113 cm³/mol. The molecule has 3 atom stereocenters. The van der Waals surface area contributed by atoms with E-state index in [0.717, 1.165) is 0 Å². The minimum absolute atomic E-state index is 0.122. The third kappa shape index (κ3) is 8.58. The van der Waals surface area contributed by atoms with Crippen LogP contribution in [0.5, 0.6) is 11.5 Å². The second-order valence-electron chi connectivity index (χ2n) is 7.29. The molecule has 9 nitrogen and oxygen atoms in total. The SMILES string of the molecule is CCOc1cc([C@H](N)CS(=O)(=O)CCC(C)C[C@@H](NC(C)=O)C(=O)O)ccc1OC. The number of hydrogen-bond acceptors (Lipinski definition) is 7. The Morgan fingerprint density at radius 2 is 1.93 bits per heavy atom. The molecule has 170 valence electrons. The molecule has 0 bridgehead atoms.